The molecule has 1 aromatic carbocycles. The Kier molecular flexibility index (Phi) is 4.99. The first kappa shape index (κ1) is 16.6. The van der Waals surface area contributed by atoms with Gasteiger partial charge in [0.15, 0.2) is 0 Å². The maximum Gasteiger partial charge on any atom is 0.274 e. The van der Waals surface area contributed by atoms with E-state index in [-0.39, 0.29) is 5.91 Å². The lowest BCUT2D eigenvalue weighted by Crippen LogP contribution is -2.15. The van der Waals surface area contributed by atoms with Crippen molar-refractivity contribution in [3.05, 3.63) is 77.5 Å². The number of hydrogen-bond acceptors (Lipinski definition) is 5. The van der Waals surface area contributed by atoms with Crippen molar-refractivity contribution >= 4 is 17.4 Å². The molecule has 0 saturated heterocycles. The molecule has 0 radical (unpaired) electrons. The van der Waals surface area contributed by atoms with Gasteiger partial charge in [0, 0.05) is 30.7 Å². The Morgan fingerprint density at radius 1 is 1.00 bits per heavy atom. The zero-order chi connectivity index (χ0) is 17.6. The summed E-state index contributed by atoms with van der Waals surface area (Å²) in [5.74, 6) is 0.330. The van der Waals surface area contributed by atoms with Gasteiger partial charge < -0.3 is 10.6 Å². The van der Waals surface area contributed by atoms with Crippen LogP contribution in [-0.2, 0) is 6.54 Å². The van der Waals surface area contributed by atoms with Crippen LogP contribution in [0.4, 0.5) is 11.5 Å². The van der Waals surface area contributed by atoms with Crippen molar-refractivity contribution in [3.63, 3.8) is 0 Å². The third-order valence-electron chi connectivity index (χ3n) is 3.60. The molecule has 126 valence electrons. The fraction of sp³-hybridized carbons (Fsp3) is 0.158. The van der Waals surface area contributed by atoms with Crippen LogP contribution in [0.1, 0.15) is 27.2 Å². The lowest BCUT2D eigenvalue weighted by Gasteiger charge is -2.09. The smallest absolute Gasteiger partial charge is 0.274 e. The Bertz CT molecular complexity index is 860. The molecule has 0 atom stereocenters. The minimum atomic E-state index is -0.264. The van der Waals surface area contributed by atoms with Crippen molar-refractivity contribution in [1.82, 2.24) is 15.0 Å². The first-order valence-corrected chi connectivity index (χ1v) is 7.94. The standard InChI is InChI=1S/C19H19N5O/c1-13-7-14(2)9-16(8-13)24-19(25)17-10-18(23-12-22-17)21-11-15-3-5-20-6-4-15/h3-10,12H,11H2,1-2H3,(H,24,25)(H,21,22,23). The second kappa shape index (κ2) is 7.53. The number of anilines is 2. The molecule has 0 fully saturated rings. The molecule has 1 amide bonds. The topological polar surface area (TPSA) is 79.8 Å². The van der Waals surface area contributed by atoms with Crippen molar-refractivity contribution in [2.45, 2.75) is 20.4 Å². The average Bonchev–Trinajstić information content (AvgIpc) is 2.60. The molecule has 0 spiro atoms. The van der Waals surface area contributed by atoms with Crippen LogP contribution in [0.5, 0.6) is 0 Å². The molecule has 6 heteroatoms. The lowest BCUT2D eigenvalue weighted by atomic mass is 10.1. The Morgan fingerprint density at radius 3 is 2.44 bits per heavy atom. The third-order valence-corrected chi connectivity index (χ3v) is 3.60. The second-order valence-corrected chi connectivity index (χ2v) is 5.83. The Morgan fingerprint density at radius 2 is 1.72 bits per heavy atom. The van der Waals surface area contributed by atoms with Crippen molar-refractivity contribution in [3.8, 4) is 0 Å². The van der Waals surface area contributed by atoms with Crippen LogP contribution in [0.3, 0.4) is 0 Å². The molecule has 0 bridgehead atoms. The van der Waals surface area contributed by atoms with E-state index in [0.29, 0.717) is 18.1 Å². The highest BCUT2D eigenvalue weighted by molar-refractivity contribution is 6.03. The number of amides is 1. The van der Waals surface area contributed by atoms with E-state index in [1.165, 1.54) is 6.33 Å². The lowest BCUT2D eigenvalue weighted by molar-refractivity contribution is 0.102. The summed E-state index contributed by atoms with van der Waals surface area (Å²) < 4.78 is 0. The summed E-state index contributed by atoms with van der Waals surface area (Å²) in [6.07, 6.45) is 4.85. The summed E-state index contributed by atoms with van der Waals surface area (Å²) in [5.41, 5.74) is 4.34. The van der Waals surface area contributed by atoms with Gasteiger partial charge in [-0.15, -0.1) is 0 Å². The molecule has 6 nitrogen and oxygen atoms in total. The maximum atomic E-state index is 12.4. The molecule has 2 N–H and O–H groups in total. The summed E-state index contributed by atoms with van der Waals surface area (Å²) >= 11 is 0. The van der Waals surface area contributed by atoms with Gasteiger partial charge in [0.05, 0.1) is 0 Å². The van der Waals surface area contributed by atoms with Gasteiger partial charge in [-0.2, -0.15) is 0 Å². The number of pyridine rings is 1. The second-order valence-electron chi connectivity index (χ2n) is 5.83. The van der Waals surface area contributed by atoms with Crippen molar-refractivity contribution in [1.29, 1.82) is 0 Å². The minimum Gasteiger partial charge on any atom is -0.366 e. The molecule has 3 aromatic rings. The molecule has 2 heterocycles. The summed E-state index contributed by atoms with van der Waals surface area (Å²) in [4.78, 5) is 24.6. The summed E-state index contributed by atoms with van der Waals surface area (Å²) in [6, 6.07) is 11.4. The molecule has 0 unspecified atom stereocenters. The monoisotopic (exact) mass is 333 g/mol. The number of aromatic nitrogens is 3. The quantitative estimate of drug-likeness (QED) is 0.748. The van der Waals surface area contributed by atoms with Crippen LogP contribution in [0.25, 0.3) is 0 Å². The Balaban J connectivity index is 1.68. The predicted molar refractivity (Wildman–Crippen MR) is 97.5 cm³/mol. The van der Waals surface area contributed by atoms with E-state index < -0.39 is 0 Å². The van der Waals surface area contributed by atoms with Gasteiger partial charge in [-0.1, -0.05) is 6.07 Å². The van der Waals surface area contributed by atoms with E-state index in [9.17, 15) is 4.79 Å². The maximum absolute atomic E-state index is 12.4. The predicted octanol–water partition coefficient (Wildman–Crippen LogP) is 3.35. The molecular formula is C19H19N5O. The van der Waals surface area contributed by atoms with Gasteiger partial charge >= 0.3 is 0 Å². The number of benzene rings is 1. The van der Waals surface area contributed by atoms with Gasteiger partial charge in [-0.05, 0) is 54.8 Å². The molecule has 3 rings (SSSR count). The van der Waals surface area contributed by atoms with Crippen molar-refractivity contribution in [2.24, 2.45) is 0 Å². The van der Waals surface area contributed by atoms with Gasteiger partial charge in [-0.3, -0.25) is 9.78 Å². The Labute approximate surface area is 146 Å². The summed E-state index contributed by atoms with van der Waals surface area (Å²) in [5, 5.41) is 6.06. The van der Waals surface area contributed by atoms with E-state index in [0.717, 1.165) is 22.4 Å². The normalized spacial score (nSPS) is 10.3. The minimum absolute atomic E-state index is 0.264. The summed E-state index contributed by atoms with van der Waals surface area (Å²) in [7, 11) is 0. The highest BCUT2D eigenvalue weighted by Crippen LogP contribution is 2.15. The van der Waals surface area contributed by atoms with Crippen LogP contribution in [0, 0.1) is 13.8 Å². The highest BCUT2D eigenvalue weighted by atomic mass is 16.1. The number of nitrogens with one attached hydrogen (secondary N) is 2. The van der Waals surface area contributed by atoms with Crippen molar-refractivity contribution < 1.29 is 4.79 Å². The van der Waals surface area contributed by atoms with Crippen LogP contribution in [-0.4, -0.2) is 20.9 Å². The number of rotatable bonds is 5. The molecule has 0 aliphatic heterocycles. The van der Waals surface area contributed by atoms with E-state index in [4.69, 9.17) is 0 Å². The highest BCUT2D eigenvalue weighted by Gasteiger charge is 2.10. The first-order valence-electron chi connectivity index (χ1n) is 7.94. The van der Waals surface area contributed by atoms with Crippen molar-refractivity contribution in [2.75, 3.05) is 10.6 Å². The fourth-order valence-electron chi connectivity index (χ4n) is 2.51. The number of nitrogens with zero attached hydrogens (tertiary/aromatic N) is 3. The molecule has 0 aliphatic rings. The first-order chi connectivity index (χ1) is 12.1. The summed E-state index contributed by atoms with van der Waals surface area (Å²) in [6.45, 7) is 4.58. The number of carbonyl (C=O) groups is 1. The van der Waals surface area contributed by atoms with E-state index >= 15 is 0 Å². The molecular weight excluding hydrogens is 314 g/mol. The van der Waals surface area contributed by atoms with Crippen LogP contribution in [0.15, 0.2) is 55.1 Å². The number of hydrogen-bond donors (Lipinski definition) is 2. The molecule has 25 heavy (non-hydrogen) atoms. The molecule has 2 aromatic heterocycles. The Hall–Kier alpha value is -3.28. The van der Waals surface area contributed by atoms with Crippen LogP contribution in [0.2, 0.25) is 0 Å². The van der Waals surface area contributed by atoms with E-state index in [1.54, 1.807) is 18.5 Å². The van der Waals surface area contributed by atoms with E-state index in [1.807, 2.05) is 38.1 Å². The average molecular weight is 333 g/mol. The van der Waals surface area contributed by atoms with Gasteiger partial charge in [0.25, 0.3) is 5.91 Å². The molecule has 0 aliphatic carbocycles. The fourth-order valence-corrected chi connectivity index (χ4v) is 2.51. The largest absolute Gasteiger partial charge is 0.366 e. The van der Waals surface area contributed by atoms with Gasteiger partial charge in [0.1, 0.15) is 17.8 Å². The SMILES string of the molecule is Cc1cc(C)cc(NC(=O)c2cc(NCc3ccncc3)ncn2)c1. The van der Waals surface area contributed by atoms with Crippen LogP contribution < -0.4 is 10.6 Å². The van der Waals surface area contributed by atoms with Crippen LogP contribution >= 0.6 is 0 Å². The van der Waals surface area contributed by atoms with Gasteiger partial charge in [-0.25, -0.2) is 9.97 Å². The number of aryl methyl sites for hydroxylation is 2. The molecule has 0 saturated carbocycles. The number of carbonyl (C=O) groups excluding carboxylic acids is 1. The zero-order valence-electron chi connectivity index (χ0n) is 14.2. The zero-order valence-corrected chi connectivity index (χ0v) is 14.2. The van der Waals surface area contributed by atoms with E-state index in [2.05, 4.69) is 31.7 Å². The van der Waals surface area contributed by atoms with Gasteiger partial charge in [0.2, 0.25) is 0 Å². The third kappa shape index (κ3) is 4.60.